The number of aryl methyl sites for hydroxylation is 2. The number of nitrogens with zero attached hydrogens (tertiary/aromatic N) is 5. The SMILES string of the molecule is Cc1ccc(NN=CCc2nnnn2-c2ccccc2)c(C)c1. The minimum Gasteiger partial charge on any atom is -0.279 e. The molecule has 6 heteroatoms. The van der Waals surface area contributed by atoms with Crippen molar-refractivity contribution in [3.63, 3.8) is 0 Å². The summed E-state index contributed by atoms with van der Waals surface area (Å²) < 4.78 is 1.71. The van der Waals surface area contributed by atoms with Crippen LogP contribution >= 0.6 is 0 Å². The van der Waals surface area contributed by atoms with Crippen molar-refractivity contribution in [1.82, 2.24) is 20.2 Å². The number of benzene rings is 2. The van der Waals surface area contributed by atoms with E-state index >= 15 is 0 Å². The molecular formula is C17H18N6. The molecule has 3 rings (SSSR count). The van der Waals surface area contributed by atoms with Gasteiger partial charge in [-0.1, -0.05) is 35.9 Å². The molecule has 2 aromatic carbocycles. The van der Waals surface area contributed by atoms with Gasteiger partial charge in [0.2, 0.25) is 0 Å². The number of para-hydroxylation sites is 1. The van der Waals surface area contributed by atoms with Gasteiger partial charge >= 0.3 is 0 Å². The van der Waals surface area contributed by atoms with E-state index in [2.05, 4.69) is 52.0 Å². The van der Waals surface area contributed by atoms with Gasteiger partial charge in [-0.3, -0.25) is 5.43 Å². The largest absolute Gasteiger partial charge is 0.279 e. The number of aromatic nitrogens is 4. The van der Waals surface area contributed by atoms with Crippen LogP contribution in [-0.4, -0.2) is 26.4 Å². The molecule has 1 N–H and O–H groups in total. The van der Waals surface area contributed by atoms with Crippen molar-refractivity contribution in [2.75, 3.05) is 5.43 Å². The van der Waals surface area contributed by atoms with Gasteiger partial charge in [0.15, 0.2) is 5.82 Å². The van der Waals surface area contributed by atoms with Crippen LogP contribution in [0.4, 0.5) is 5.69 Å². The molecule has 0 amide bonds. The second kappa shape index (κ2) is 6.83. The summed E-state index contributed by atoms with van der Waals surface area (Å²) in [4.78, 5) is 0. The molecular weight excluding hydrogens is 288 g/mol. The second-order valence-corrected chi connectivity index (χ2v) is 5.29. The van der Waals surface area contributed by atoms with Gasteiger partial charge in [-0.15, -0.1) is 5.10 Å². The van der Waals surface area contributed by atoms with E-state index in [0.717, 1.165) is 22.8 Å². The minimum atomic E-state index is 0.541. The van der Waals surface area contributed by atoms with Crippen molar-refractivity contribution in [2.24, 2.45) is 5.10 Å². The summed E-state index contributed by atoms with van der Waals surface area (Å²) in [5.74, 6) is 0.738. The van der Waals surface area contributed by atoms with Gasteiger partial charge in [0.05, 0.1) is 11.4 Å². The fraction of sp³-hybridized carbons (Fsp3) is 0.176. The predicted molar refractivity (Wildman–Crippen MR) is 90.9 cm³/mol. The van der Waals surface area contributed by atoms with Gasteiger partial charge in [-0.2, -0.15) is 9.78 Å². The third-order valence-corrected chi connectivity index (χ3v) is 3.47. The van der Waals surface area contributed by atoms with E-state index < -0.39 is 0 Å². The highest BCUT2D eigenvalue weighted by molar-refractivity contribution is 5.63. The first-order valence-electron chi connectivity index (χ1n) is 7.41. The molecule has 23 heavy (non-hydrogen) atoms. The molecule has 0 unspecified atom stereocenters. The molecule has 0 atom stereocenters. The molecule has 0 radical (unpaired) electrons. The number of hydrazone groups is 1. The van der Waals surface area contributed by atoms with Crippen LogP contribution in [0.2, 0.25) is 0 Å². The lowest BCUT2D eigenvalue weighted by Gasteiger charge is -2.05. The molecule has 0 saturated carbocycles. The summed E-state index contributed by atoms with van der Waals surface area (Å²) >= 11 is 0. The maximum atomic E-state index is 4.26. The van der Waals surface area contributed by atoms with Crippen molar-refractivity contribution in [1.29, 1.82) is 0 Å². The van der Waals surface area contributed by atoms with E-state index in [-0.39, 0.29) is 0 Å². The quantitative estimate of drug-likeness (QED) is 0.581. The number of tetrazole rings is 1. The topological polar surface area (TPSA) is 68.0 Å². The Morgan fingerprint density at radius 1 is 1.13 bits per heavy atom. The van der Waals surface area contributed by atoms with Crippen LogP contribution in [0.25, 0.3) is 5.69 Å². The summed E-state index contributed by atoms with van der Waals surface area (Å²) in [5.41, 5.74) is 7.38. The number of hydrogen-bond acceptors (Lipinski definition) is 5. The molecule has 0 spiro atoms. The van der Waals surface area contributed by atoms with Crippen molar-refractivity contribution in [3.8, 4) is 5.69 Å². The first kappa shape index (κ1) is 14.9. The van der Waals surface area contributed by atoms with Gasteiger partial charge in [0, 0.05) is 12.6 Å². The van der Waals surface area contributed by atoms with Crippen LogP contribution in [0.15, 0.2) is 53.6 Å². The average Bonchev–Trinajstić information content (AvgIpc) is 3.02. The normalized spacial score (nSPS) is 11.0. The maximum Gasteiger partial charge on any atom is 0.162 e. The average molecular weight is 306 g/mol. The Morgan fingerprint density at radius 3 is 2.74 bits per heavy atom. The van der Waals surface area contributed by atoms with Crippen LogP contribution in [0.1, 0.15) is 17.0 Å². The fourth-order valence-corrected chi connectivity index (χ4v) is 2.28. The third kappa shape index (κ3) is 3.60. The van der Waals surface area contributed by atoms with E-state index in [0.29, 0.717) is 6.42 Å². The van der Waals surface area contributed by atoms with Crippen molar-refractivity contribution in [2.45, 2.75) is 20.3 Å². The molecule has 1 heterocycles. The van der Waals surface area contributed by atoms with Crippen LogP contribution in [-0.2, 0) is 6.42 Å². The highest BCUT2D eigenvalue weighted by Gasteiger charge is 2.06. The Labute approximate surface area is 134 Å². The zero-order valence-corrected chi connectivity index (χ0v) is 13.1. The minimum absolute atomic E-state index is 0.541. The summed E-state index contributed by atoms with van der Waals surface area (Å²) in [7, 11) is 0. The molecule has 0 aliphatic heterocycles. The first-order valence-corrected chi connectivity index (χ1v) is 7.41. The smallest absolute Gasteiger partial charge is 0.162 e. The second-order valence-electron chi connectivity index (χ2n) is 5.29. The van der Waals surface area contributed by atoms with Crippen LogP contribution in [0.3, 0.4) is 0 Å². The Hall–Kier alpha value is -3.02. The zero-order chi connectivity index (χ0) is 16.1. The maximum absolute atomic E-state index is 4.26. The van der Waals surface area contributed by atoms with Crippen molar-refractivity contribution < 1.29 is 0 Å². The Bertz CT molecular complexity index is 807. The molecule has 3 aromatic rings. The summed E-state index contributed by atoms with van der Waals surface area (Å²) in [6, 6.07) is 16.0. The van der Waals surface area contributed by atoms with Gasteiger partial charge in [0.25, 0.3) is 0 Å². The fourth-order valence-electron chi connectivity index (χ4n) is 2.28. The zero-order valence-electron chi connectivity index (χ0n) is 13.1. The van der Waals surface area contributed by atoms with Crippen LogP contribution < -0.4 is 5.43 Å². The highest BCUT2D eigenvalue weighted by atomic mass is 15.5. The van der Waals surface area contributed by atoms with E-state index in [1.165, 1.54) is 5.56 Å². The van der Waals surface area contributed by atoms with Crippen molar-refractivity contribution in [3.05, 3.63) is 65.5 Å². The van der Waals surface area contributed by atoms with Gasteiger partial charge in [0.1, 0.15) is 0 Å². The Kier molecular flexibility index (Phi) is 4.42. The van der Waals surface area contributed by atoms with Gasteiger partial charge < -0.3 is 0 Å². The number of rotatable bonds is 5. The Balaban J connectivity index is 1.66. The lowest BCUT2D eigenvalue weighted by atomic mass is 10.1. The van der Waals surface area contributed by atoms with E-state index in [1.807, 2.05) is 36.4 Å². The first-order chi connectivity index (χ1) is 11.2. The summed E-state index contributed by atoms with van der Waals surface area (Å²) in [5, 5.41) is 16.1. The van der Waals surface area contributed by atoms with Crippen LogP contribution in [0, 0.1) is 13.8 Å². The van der Waals surface area contributed by atoms with Crippen molar-refractivity contribution >= 4 is 11.9 Å². The number of nitrogens with one attached hydrogen (secondary N) is 1. The highest BCUT2D eigenvalue weighted by Crippen LogP contribution is 2.15. The lowest BCUT2D eigenvalue weighted by molar-refractivity contribution is 0.776. The van der Waals surface area contributed by atoms with E-state index in [4.69, 9.17) is 0 Å². The molecule has 0 aliphatic carbocycles. The summed E-state index contributed by atoms with van der Waals surface area (Å²) in [6.45, 7) is 4.13. The standard InChI is InChI=1S/C17H18N6/c1-13-8-9-16(14(2)12-13)19-18-11-10-17-20-21-22-23(17)15-6-4-3-5-7-15/h3-9,11-12,19H,10H2,1-2H3. The van der Waals surface area contributed by atoms with E-state index in [9.17, 15) is 0 Å². The monoisotopic (exact) mass is 306 g/mol. The number of hydrogen-bond donors (Lipinski definition) is 1. The lowest BCUT2D eigenvalue weighted by Crippen LogP contribution is -2.04. The molecule has 116 valence electrons. The number of anilines is 1. The summed E-state index contributed by atoms with van der Waals surface area (Å²) in [6.07, 6.45) is 2.31. The van der Waals surface area contributed by atoms with Gasteiger partial charge in [-0.05, 0) is 48.0 Å². The van der Waals surface area contributed by atoms with Crippen LogP contribution in [0.5, 0.6) is 0 Å². The molecule has 6 nitrogen and oxygen atoms in total. The molecule has 0 saturated heterocycles. The molecule has 0 aliphatic rings. The predicted octanol–water partition coefficient (Wildman–Crippen LogP) is 2.92. The molecule has 0 bridgehead atoms. The molecule has 0 fully saturated rings. The third-order valence-electron chi connectivity index (χ3n) is 3.47. The Morgan fingerprint density at radius 2 is 1.96 bits per heavy atom. The van der Waals surface area contributed by atoms with E-state index in [1.54, 1.807) is 10.9 Å². The molecule has 1 aromatic heterocycles. The van der Waals surface area contributed by atoms with Gasteiger partial charge in [-0.25, -0.2) is 0 Å².